The highest BCUT2D eigenvalue weighted by atomic mass is 15.2. The topological polar surface area (TPSA) is 18.5 Å². The third kappa shape index (κ3) is 7.20. The summed E-state index contributed by atoms with van der Waals surface area (Å²) in [5, 5.41) is 3.46. The van der Waals surface area contributed by atoms with Gasteiger partial charge in [-0.1, -0.05) is 20.8 Å². The van der Waals surface area contributed by atoms with Gasteiger partial charge in [-0.25, -0.2) is 0 Å². The van der Waals surface area contributed by atoms with Gasteiger partial charge in [-0.05, 0) is 53.1 Å². The van der Waals surface area contributed by atoms with Crippen molar-refractivity contribution in [1.82, 2.24) is 15.1 Å². The Morgan fingerprint density at radius 1 is 1.06 bits per heavy atom. The number of likely N-dealkylation sites (N-methyl/N-ethyl adjacent to an activating group) is 2. The van der Waals surface area contributed by atoms with Crippen LogP contribution >= 0.6 is 0 Å². The Balaban J connectivity index is 3.91. The highest BCUT2D eigenvalue weighted by molar-refractivity contribution is 4.74. The van der Waals surface area contributed by atoms with Crippen molar-refractivity contribution in [1.29, 1.82) is 0 Å². The average molecular weight is 229 g/mol. The molecule has 0 bridgehead atoms. The normalized spacial score (nSPS) is 14.1. The highest BCUT2D eigenvalue weighted by Gasteiger charge is 2.17. The molecule has 0 heterocycles. The van der Waals surface area contributed by atoms with Gasteiger partial charge >= 0.3 is 0 Å². The monoisotopic (exact) mass is 229 g/mol. The zero-order valence-electron chi connectivity index (χ0n) is 12.1. The van der Waals surface area contributed by atoms with Gasteiger partial charge in [-0.15, -0.1) is 0 Å². The van der Waals surface area contributed by atoms with Crippen LogP contribution in [0.25, 0.3) is 0 Å². The van der Waals surface area contributed by atoms with E-state index < -0.39 is 0 Å². The minimum atomic E-state index is 0.655. The molecule has 0 saturated heterocycles. The maximum absolute atomic E-state index is 3.46. The lowest BCUT2D eigenvalue weighted by Crippen LogP contribution is -2.44. The van der Waals surface area contributed by atoms with Crippen molar-refractivity contribution < 1.29 is 0 Å². The van der Waals surface area contributed by atoms with Crippen molar-refractivity contribution in [2.75, 3.05) is 47.3 Å². The lowest BCUT2D eigenvalue weighted by molar-refractivity contribution is 0.180. The summed E-state index contributed by atoms with van der Waals surface area (Å²) < 4.78 is 0. The zero-order chi connectivity index (χ0) is 12.6. The van der Waals surface area contributed by atoms with Crippen LogP contribution in [-0.2, 0) is 0 Å². The number of nitrogens with one attached hydrogen (secondary N) is 1. The van der Waals surface area contributed by atoms with E-state index in [1.54, 1.807) is 0 Å². The molecular weight excluding hydrogens is 198 g/mol. The van der Waals surface area contributed by atoms with Crippen LogP contribution < -0.4 is 5.32 Å². The summed E-state index contributed by atoms with van der Waals surface area (Å²) in [6.07, 6.45) is 1.25. The molecule has 0 saturated carbocycles. The van der Waals surface area contributed by atoms with Gasteiger partial charge in [0.25, 0.3) is 0 Å². The van der Waals surface area contributed by atoms with Gasteiger partial charge in [0.1, 0.15) is 0 Å². The van der Waals surface area contributed by atoms with Crippen molar-refractivity contribution in [3.8, 4) is 0 Å². The second-order valence-electron chi connectivity index (χ2n) is 5.26. The smallest absolute Gasteiger partial charge is 0.0240 e. The summed E-state index contributed by atoms with van der Waals surface area (Å²) >= 11 is 0. The molecule has 1 atom stereocenters. The fourth-order valence-corrected chi connectivity index (χ4v) is 1.99. The molecule has 0 radical (unpaired) electrons. The van der Waals surface area contributed by atoms with Crippen LogP contribution in [0.3, 0.4) is 0 Å². The van der Waals surface area contributed by atoms with E-state index in [-0.39, 0.29) is 0 Å². The molecule has 1 unspecified atom stereocenters. The Morgan fingerprint density at radius 3 is 2.12 bits per heavy atom. The van der Waals surface area contributed by atoms with Crippen LogP contribution in [0, 0.1) is 5.92 Å². The number of hydrogen-bond acceptors (Lipinski definition) is 3. The Kier molecular flexibility index (Phi) is 8.90. The van der Waals surface area contributed by atoms with Crippen molar-refractivity contribution in [3.63, 3.8) is 0 Å². The molecule has 16 heavy (non-hydrogen) atoms. The largest absolute Gasteiger partial charge is 0.315 e. The Labute approximate surface area is 102 Å². The number of rotatable bonds is 9. The first-order chi connectivity index (χ1) is 7.49. The molecule has 0 spiro atoms. The Hall–Kier alpha value is -0.120. The van der Waals surface area contributed by atoms with Gasteiger partial charge in [-0.2, -0.15) is 0 Å². The van der Waals surface area contributed by atoms with Gasteiger partial charge in [0.2, 0.25) is 0 Å². The first-order valence-electron chi connectivity index (χ1n) is 6.54. The van der Waals surface area contributed by atoms with Crippen molar-refractivity contribution in [3.05, 3.63) is 0 Å². The average Bonchev–Trinajstić information content (AvgIpc) is 2.17. The van der Waals surface area contributed by atoms with Crippen LogP contribution in [0.15, 0.2) is 0 Å². The van der Waals surface area contributed by atoms with Crippen molar-refractivity contribution >= 4 is 0 Å². The minimum absolute atomic E-state index is 0.655. The second kappa shape index (κ2) is 8.97. The molecule has 0 aromatic carbocycles. The molecule has 0 fully saturated rings. The molecule has 0 amide bonds. The summed E-state index contributed by atoms with van der Waals surface area (Å²) in [7, 11) is 6.52. The second-order valence-corrected chi connectivity index (χ2v) is 5.26. The standard InChI is InChI=1S/C13H31N3/c1-7-14-11-13(12(2)3)16(6)10-8-9-15(4)5/h12-14H,7-11H2,1-6H3. The lowest BCUT2D eigenvalue weighted by atomic mass is 10.0. The fraction of sp³-hybridized carbons (Fsp3) is 1.00. The van der Waals surface area contributed by atoms with Crippen LogP contribution in [0.4, 0.5) is 0 Å². The molecule has 0 aliphatic carbocycles. The summed E-state index contributed by atoms with van der Waals surface area (Å²) in [5.41, 5.74) is 0. The van der Waals surface area contributed by atoms with Gasteiger partial charge in [0.05, 0.1) is 0 Å². The Bertz CT molecular complexity index is 157. The number of hydrogen-bond donors (Lipinski definition) is 1. The lowest BCUT2D eigenvalue weighted by Gasteiger charge is -2.31. The van der Waals surface area contributed by atoms with E-state index in [1.165, 1.54) is 19.5 Å². The maximum Gasteiger partial charge on any atom is 0.0240 e. The predicted molar refractivity (Wildman–Crippen MR) is 73.0 cm³/mol. The van der Waals surface area contributed by atoms with E-state index in [1.807, 2.05) is 0 Å². The molecule has 0 rings (SSSR count). The fourth-order valence-electron chi connectivity index (χ4n) is 1.99. The highest BCUT2D eigenvalue weighted by Crippen LogP contribution is 2.08. The molecule has 1 N–H and O–H groups in total. The van der Waals surface area contributed by atoms with Crippen LogP contribution in [-0.4, -0.2) is 63.2 Å². The van der Waals surface area contributed by atoms with E-state index in [0.29, 0.717) is 12.0 Å². The van der Waals surface area contributed by atoms with E-state index in [2.05, 4.69) is 57.0 Å². The molecule has 0 aromatic heterocycles. The van der Waals surface area contributed by atoms with Crippen molar-refractivity contribution in [2.45, 2.75) is 33.2 Å². The zero-order valence-corrected chi connectivity index (χ0v) is 12.1. The third-order valence-corrected chi connectivity index (χ3v) is 3.06. The van der Waals surface area contributed by atoms with E-state index >= 15 is 0 Å². The Morgan fingerprint density at radius 2 is 1.69 bits per heavy atom. The predicted octanol–water partition coefficient (Wildman–Crippen LogP) is 1.50. The van der Waals surface area contributed by atoms with E-state index in [9.17, 15) is 0 Å². The van der Waals surface area contributed by atoms with Gasteiger partial charge in [0.15, 0.2) is 0 Å². The van der Waals surface area contributed by atoms with Gasteiger partial charge in [0, 0.05) is 12.6 Å². The third-order valence-electron chi connectivity index (χ3n) is 3.06. The van der Waals surface area contributed by atoms with Gasteiger partial charge < -0.3 is 15.1 Å². The minimum Gasteiger partial charge on any atom is -0.315 e. The SMILES string of the molecule is CCNCC(C(C)C)N(C)CCCN(C)C. The summed E-state index contributed by atoms with van der Waals surface area (Å²) in [6, 6.07) is 0.655. The summed E-state index contributed by atoms with van der Waals surface area (Å²) in [6.45, 7) is 11.3. The molecule has 0 aliphatic rings. The van der Waals surface area contributed by atoms with E-state index in [0.717, 1.165) is 13.1 Å². The summed E-state index contributed by atoms with van der Waals surface area (Å²) in [5.74, 6) is 0.711. The summed E-state index contributed by atoms with van der Waals surface area (Å²) in [4.78, 5) is 4.75. The first kappa shape index (κ1) is 15.9. The number of nitrogens with zero attached hydrogens (tertiary/aromatic N) is 2. The quantitative estimate of drug-likeness (QED) is 0.646. The molecule has 3 heteroatoms. The first-order valence-corrected chi connectivity index (χ1v) is 6.54. The van der Waals surface area contributed by atoms with Crippen LogP contribution in [0.2, 0.25) is 0 Å². The van der Waals surface area contributed by atoms with E-state index in [4.69, 9.17) is 0 Å². The van der Waals surface area contributed by atoms with Crippen molar-refractivity contribution in [2.24, 2.45) is 5.92 Å². The molecule has 3 nitrogen and oxygen atoms in total. The molecule has 0 aromatic rings. The van der Waals surface area contributed by atoms with Crippen LogP contribution in [0.5, 0.6) is 0 Å². The maximum atomic E-state index is 3.46. The molecular formula is C13H31N3. The van der Waals surface area contributed by atoms with Gasteiger partial charge in [-0.3, -0.25) is 0 Å². The molecule has 0 aliphatic heterocycles. The molecule has 98 valence electrons. The van der Waals surface area contributed by atoms with Crippen LogP contribution in [0.1, 0.15) is 27.2 Å².